The van der Waals surface area contributed by atoms with Gasteiger partial charge in [-0.3, -0.25) is 18.6 Å². The fourth-order valence-corrected chi connectivity index (χ4v) is 11.0. The third-order valence-corrected chi connectivity index (χ3v) is 16.6. The van der Waals surface area contributed by atoms with Crippen molar-refractivity contribution < 1.29 is 37.3 Å². The zero-order valence-electron chi connectivity index (χ0n) is 55.4. The molecular formula is C73H136N2O7P+. The standard InChI is InChI=1S/C73H135N2O7P/c1-7-10-13-16-19-22-25-27-29-31-33-34-35-36-37-38-39-40-42-43-45-47-50-53-56-59-62-65-72(76)74-70(69-81-83(78,79)80-68-67-75(4,5)6)71(64-61-58-55-52-49-24-21-18-15-12-9-3)82-73(77)66-63-60-57-54-51-48-46-44-41-32-30-28-26-23-20-17-14-11-8-2/h11,14,20,23,28,30,41,44,48,51,61,64,70-71H,7-10,12-13,15-19,21-22,24-27,29,31-40,42-43,45-47,49-50,52-60,62-63,65-69H2,1-6H3,(H-,74,76,78,79)/p+1/b14-11-,23-20-,30-28-,44-41-,51-48-,64-61-. The number of phosphoric ester groups is 1. The van der Waals surface area contributed by atoms with E-state index in [2.05, 4.69) is 86.8 Å². The molecule has 0 aliphatic heterocycles. The van der Waals surface area contributed by atoms with Gasteiger partial charge >= 0.3 is 13.8 Å². The highest BCUT2D eigenvalue weighted by molar-refractivity contribution is 7.47. The fourth-order valence-electron chi connectivity index (χ4n) is 10.3. The number of likely N-dealkylation sites (N-methyl/N-ethyl adjacent to an activating group) is 1. The largest absolute Gasteiger partial charge is 0.472 e. The minimum atomic E-state index is -4.46. The van der Waals surface area contributed by atoms with Crippen LogP contribution in [0.15, 0.2) is 72.9 Å². The van der Waals surface area contributed by atoms with E-state index in [9.17, 15) is 19.0 Å². The first-order chi connectivity index (χ1) is 40.4. The van der Waals surface area contributed by atoms with Crippen LogP contribution >= 0.6 is 7.82 Å². The van der Waals surface area contributed by atoms with Crippen molar-refractivity contribution >= 4 is 19.7 Å². The highest BCUT2D eigenvalue weighted by Gasteiger charge is 2.30. The van der Waals surface area contributed by atoms with Crippen LogP contribution in [0.2, 0.25) is 0 Å². The molecule has 2 N–H and O–H groups in total. The van der Waals surface area contributed by atoms with Gasteiger partial charge in [-0.15, -0.1) is 0 Å². The number of nitrogens with zero attached hydrogens (tertiary/aromatic N) is 1. The van der Waals surface area contributed by atoms with E-state index < -0.39 is 20.0 Å². The third kappa shape index (κ3) is 63.8. The maximum Gasteiger partial charge on any atom is 0.472 e. The molecule has 0 spiro atoms. The second-order valence-electron chi connectivity index (χ2n) is 25.0. The maximum atomic E-state index is 13.6. The SMILES string of the molecule is CC/C=C\C/C=C\C/C=C\C/C=C\C/C=C\CCCCCC(=O)OC(/C=C\CCCCCCCCCCC)C(COP(=O)(O)OCC[N+](C)(C)C)NC(=O)CCCCCCCCCCCCCCCCCCCCCCCCCCCCC. The normalized spacial score (nSPS) is 14.0. The van der Waals surface area contributed by atoms with Crippen molar-refractivity contribution in [2.75, 3.05) is 40.9 Å². The Morgan fingerprint density at radius 3 is 1.17 bits per heavy atom. The molecule has 0 aliphatic carbocycles. The van der Waals surface area contributed by atoms with E-state index >= 15 is 0 Å². The average molecular weight is 1180 g/mol. The van der Waals surface area contributed by atoms with Gasteiger partial charge in [0.2, 0.25) is 5.91 Å². The van der Waals surface area contributed by atoms with E-state index in [1.807, 2.05) is 33.3 Å². The zero-order valence-corrected chi connectivity index (χ0v) is 56.3. The summed E-state index contributed by atoms with van der Waals surface area (Å²) in [6.45, 7) is 6.91. The van der Waals surface area contributed by atoms with Crippen LogP contribution in [-0.2, 0) is 27.9 Å². The van der Waals surface area contributed by atoms with Gasteiger partial charge in [0.05, 0.1) is 33.8 Å². The number of esters is 1. The van der Waals surface area contributed by atoms with Crippen LogP contribution in [0.4, 0.5) is 0 Å². The van der Waals surface area contributed by atoms with Gasteiger partial charge in [-0.25, -0.2) is 4.57 Å². The quantitative estimate of drug-likeness (QED) is 0.0205. The number of quaternary nitrogens is 1. The van der Waals surface area contributed by atoms with Gasteiger partial charge < -0.3 is 19.4 Å². The molecule has 0 bridgehead atoms. The highest BCUT2D eigenvalue weighted by Crippen LogP contribution is 2.43. The maximum absolute atomic E-state index is 13.6. The molecule has 0 aromatic rings. The Morgan fingerprint density at radius 1 is 0.434 bits per heavy atom. The Labute approximate surface area is 514 Å². The van der Waals surface area contributed by atoms with Crippen LogP contribution in [0.25, 0.3) is 0 Å². The number of amides is 1. The molecule has 0 saturated carbocycles. The Hall–Kier alpha value is -2.55. The summed E-state index contributed by atoms with van der Waals surface area (Å²) in [5, 5.41) is 3.06. The van der Waals surface area contributed by atoms with E-state index in [4.69, 9.17) is 13.8 Å². The highest BCUT2D eigenvalue weighted by atomic mass is 31.2. The Kier molecular flexibility index (Phi) is 60.6. The van der Waals surface area contributed by atoms with Crippen LogP contribution < -0.4 is 5.32 Å². The lowest BCUT2D eigenvalue weighted by molar-refractivity contribution is -0.870. The van der Waals surface area contributed by atoms with Crippen LogP contribution in [0.3, 0.4) is 0 Å². The van der Waals surface area contributed by atoms with Crippen LogP contribution in [-0.4, -0.2) is 74.3 Å². The molecule has 0 aliphatic rings. The Morgan fingerprint density at radius 2 is 0.771 bits per heavy atom. The van der Waals surface area contributed by atoms with Crippen molar-refractivity contribution in [3.63, 3.8) is 0 Å². The number of hydrogen-bond acceptors (Lipinski definition) is 6. The van der Waals surface area contributed by atoms with Crippen LogP contribution in [0.1, 0.15) is 329 Å². The number of ether oxygens (including phenoxy) is 1. The summed E-state index contributed by atoms with van der Waals surface area (Å²) in [7, 11) is 1.48. The lowest BCUT2D eigenvalue weighted by atomic mass is 10.0. The molecule has 484 valence electrons. The minimum absolute atomic E-state index is 0.0338. The molecule has 0 fully saturated rings. The summed E-state index contributed by atoms with van der Waals surface area (Å²) >= 11 is 0. The van der Waals surface area contributed by atoms with Gasteiger partial charge in [-0.1, -0.05) is 312 Å². The van der Waals surface area contributed by atoms with E-state index in [0.717, 1.165) is 89.9 Å². The predicted octanol–water partition coefficient (Wildman–Crippen LogP) is 22.3. The monoisotopic (exact) mass is 1180 g/mol. The molecule has 0 saturated heterocycles. The second-order valence-corrected chi connectivity index (χ2v) is 26.5. The average Bonchev–Trinajstić information content (AvgIpc) is 3.51. The van der Waals surface area contributed by atoms with E-state index in [1.165, 1.54) is 199 Å². The number of unbranched alkanes of at least 4 members (excludes halogenated alkanes) is 38. The lowest BCUT2D eigenvalue weighted by Gasteiger charge is -2.27. The molecule has 83 heavy (non-hydrogen) atoms. The number of allylic oxidation sites excluding steroid dienone is 11. The van der Waals surface area contributed by atoms with Gasteiger partial charge in [0, 0.05) is 12.8 Å². The summed E-state index contributed by atoms with van der Waals surface area (Å²) in [4.78, 5) is 37.8. The van der Waals surface area contributed by atoms with Crippen molar-refractivity contribution in [1.82, 2.24) is 5.32 Å². The van der Waals surface area contributed by atoms with Crippen molar-refractivity contribution in [3.05, 3.63) is 72.9 Å². The van der Waals surface area contributed by atoms with Gasteiger partial charge in [0.15, 0.2) is 0 Å². The fraction of sp³-hybridized carbons (Fsp3) is 0.808. The van der Waals surface area contributed by atoms with E-state index in [0.29, 0.717) is 23.9 Å². The summed E-state index contributed by atoms with van der Waals surface area (Å²) in [5.74, 6) is -0.533. The summed E-state index contributed by atoms with van der Waals surface area (Å²) < 4.78 is 30.8. The molecular weight excluding hydrogens is 1050 g/mol. The molecule has 0 heterocycles. The smallest absolute Gasteiger partial charge is 0.456 e. The van der Waals surface area contributed by atoms with E-state index in [1.54, 1.807) is 0 Å². The van der Waals surface area contributed by atoms with E-state index in [-0.39, 0.29) is 31.5 Å². The van der Waals surface area contributed by atoms with Crippen molar-refractivity contribution in [2.45, 2.75) is 341 Å². The predicted molar refractivity (Wildman–Crippen MR) is 360 cm³/mol. The molecule has 9 nitrogen and oxygen atoms in total. The van der Waals surface area contributed by atoms with Crippen LogP contribution in [0, 0.1) is 0 Å². The number of hydrogen-bond donors (Lipinski definition) is 2. The summed E-state index contributed by atoms with van der Waals surface area (Å²) in [6, 6.07) is -0.863. The van der Waals surface area contributed by atoms with Gasteiger partial charge in [-0.2, -0.15) is 0 Å². The molecule has 0 rings (SSSR count). The number of carbonyl (C=O) groups is 2. The third-order valence-electron chi connectivity index (χ3n) is 15.7. The molecule has 3 atom stereocenters. The Bertz CT molecular complexity index is 1650. The second kappa shape index (κ2) is 62.5. The molecule has 0 aromatic carbocycles. The number of carbonyl (C=O) groups excluding carboxylic acids is 2. The molecule has 10 heteroatoms. The van der Waals surface area contributed by atoms with Crippen LogP contribution in [0.5, 0.6) is 0 Å². The van der Waals surface area contributed by atoms with Crippen molar-refractivity contribution in [3.8, 4) is 0 Å². The molecule has 0 radical (unpaired) electrons. The molecule has 3 unspecified atom stereocenters. The van der Waals surface area contributed by atoms with Gasteiger partial charge in [0.1, 0.15) is 19.3 Å². The summed E-state index contributed by atoms with van der Waals surface area (Å²) in [6.07, 6.45) is 82.2. The molecule has 0 aromatic heterocycles. The lowest BCUT2D eigenvalue weighted by Crippen LogP contribution is -2.47. The first kappa shape index (κ1) is 80.5. The minimum Gasteiger partial charge on any atom is -0.456 e. The first-order valence-electron chi connectivity index (χ1n) is 35.3. The van der Waals surface area contributed by atoms with Crippen molar-refractivity contribution in [1.29, 1.82) is 0 Å². The summed E-state index contributed by atoms with van der Waals surface area (Å²) in [5.41, 5.74) is 0. The topological polar surface area (TPSA) is 111 Å². The Balaban J connectivity index is 5.01. The first-order valence-corrected chi connectivity index (χ1v) is 36.8. The van der Waals surface area contributed by atoms with Crippen molar-refractivity contribution in [2.24, 2.45) is 0 Å². The zero-order chi connectivity index (χ0) is 60.7. The number of phosphoric acid groups is 1. The number of nitrogens with one attached hydrogen (secondary N) is 1. The van der Waals surface area contributed by atoms with Gasteiger partial charge in [-0.05, 0) is 76.7 Å². The number of rotatable bonds is 64. The molecule has 1 amide bonds. The van der Waals surface area contributed by atoms with Gasteiger partial charge in [0.25, 0.3) is 0 Å².